The number of benzene rings is 1. The van der Waals surface area contributed by atoms with Crippen molar-refractivity contribution in [1.29, 1.82) is 0 Å². The molecular weight excluding hydrogens is 196 g/mol. The van der Waals surface area contributed by atoms with Crippen LogP contribution < -0.4 is 10.2 Å². The van der Waals surface area contributed by atoms with Crippen molar-refractivity contribution < 1.29 is 0 Å². The van der Waals surface area contributed by atoms with Gasteiger partial charge in [-0.15, -0.1) is 0 Å². The van der Waals surface area contributed by atoms with Crippen molar-refractivity contribution >= 4 is 17.8 Å². The van der Waals surface area contributed by atoms with Crippen molar-refractivity contribution in [3.05, 3.63) is 42.5 Å². The number of hydrogen-bond acceptors (Lipinski definition) is 2. The average molecular weight is 214 g/mol. The highest BCUT2D eigenvalue weighted by atomic mass is 15.2. The van der Waals surface area contributed by atoms with Crippen LogP contribution in [-0.4, -0.2) is 26.2 Å². The quantitative estimate of drug-likeness (QED) is 0.831. The first-order chi connectivity index (χ1) is 7.86. The lowest BCUT2D eigenvalue weighted by Crippen LogP contribution is -2.43. The van der Waals surface area contributed by atoms with Crippen molar-refractivity contribution in [3.8, 4) is 0 Å². The van der Waals surface area contributed by atoms with E-state index in [0.717, 1.165) is 31.7 Å². The zero-order valence-corrected chi connectivity index (χ0v) is 9.58. The Morgan fingerprint density at radius 1 is 1.12 bits per heavy atom. The van der Waals surface area contributed by atoms with E-state index in [0.29, 0.717) is 0 Å². The molecule has 0 aliphatic carbocycles. The predicted molar refractivity (Wildman–Crippen MR) is 71.7 cm³/mol. The lowest BCUT2D eigenvalue weighted by atomic mass is 10.0. The third kappa shape index (κ3) is 2.02. The lowest BCUT2D eigenvalue weighted by molar-refractivity contribution is 0.589. The second kappa shape index (κ2) is 4.99. The Labute approximate surface area is 97.3 Å². The minimum atomic E-state index is 1.05. The maximum Gasteiger partial charge on any atom is 0.0446 e. The Balaban J connectivity index is 2.38. The third-order valence-corrected chi connectivity index (χ3v) is 3.00. The normalized spacial score (nSPS) is 15.9. The molecule has 0 radical (unpaired) electrons. The van der Waals surface area contributed by atoms with Crippen LogP contribution in [0.3, 0.4) is 0 Å². The van der Waals surface area contributed by atoms with E-state index in [9.17, 15) is 0 Å². The van der Waals surface area contributed by atoms with E-state index < -0.39 is 0 Å². The maximum absolute atomic E-state index is 3.90. The van der Waals surface area contributed by atoms with Crippen LogP contribution in [0.2, 0.25) is 0 Å². The molecule has 0 saturated carbocycles. The molecule has 2 heteroatoms. The van der Waals surface area contributed by atoms with Gasteiger partial charge in [0.25, 0.3) is 0 Å². The van der Waals surface area contributed by atoms with Gasteiger partial charge in [0.05, 0.1) is 0 Å². The highest BCUT2D eigenvalue weighted by molar-refractivity contribution is 5.75. The third-order valence-electron chi connectivity index (χ3n) is 3.00. The van der Waals surface area contributed by atoms with Crippen molar-refractivity contribution in [2.45, 2.75) is 0 Å². The highest BCUT2D eigenvalue weighted by Crippen LogP contribution is 2.26. The van der Waals surface area contributed by atoms with Crippen LogP contribution in [0, 0.1) is 0 Å². The monoisotopic (exact) mass is 214 g/mol. The van der Waals surface area contributed by atoms with Gasteiger partial charge in [-0.2, -0.15) is 0 Å². The summed E-state index contributed by atoms with van der Waals surface area (Å²) in [7, 11) is 0. The van der Waals surface area contributed by atoms with Gasteiger partial charge in [-0.05, 0) is 11.6 Å². The van der Waals surface area contributed by atoms with Crippen molar-refractivity contribution in [2.24, 2.45) is 0 Å². The maximum atomic E-state index is 3.90. The molecule has 1 aromatic rings. The molecule has 0 amide bonds. The fourth-order valence-electron chi connectivity index (χ4n) is 2.15. The second-order valence-corrected chi connectivity index (χ2v) is 3.93. The summed E-state index contributed by atoms with van der Waals surface area (Å²) in [6, 6.07) is 6.33. The number of rotatable bonds is 3. The lowest BCUT2D eigenvalue weighted by Gasteiger charge is -2.31. The molecule has 0 bridgehead atoms. The molecule has 2 nitrogen and oxygen atoms in total. The van der Waals surface area contributed by atoms with Gasteiger partial charge < -0.3 is 10.2 Å². The largest absolute Gasteiger partial charge is 0.368 e. The first-order valence-corrected chi connectivity index (χ1v) is 5.70. The van der Waals surface area contributed by atoms with Crippen molar-refractivity contribution in [3.63, 3.8) is 0 Å². The van der Waals surface area contributed by atoms with Gasteiger partial charge in [0, 0.05) is 37.4 Å². The Morgan fingerprint density at radius 3 is 2.50 bits per heavy atom. The van der Waals surface area contributed by atoms with Gasteiger partial charge in [0.1, 0.15) is 0 Å². The average Bonchev–Trinajstić information content (AvgIpc) is 2.38. The summed E-state index contributed by atoms with van der Waals surface area (Å²) in [6.07, 6.45) is 3.82. The molecule has 0 atom stereocenters. The number of anilines is 1. The molecule has 1 saturated heterocycles. The molecule has 1 aliphatic rings. The Morgan fingerprint density at radius 2 is 1.88 bits per heavy atom. The summed E-state index contributed by atoms with van der Waals surface area (Å²) in [5.74, 6) is 0. The molecule has 1 aliphatic heterocycles. The van der Waals surface area contributed by atoms with Crippen LogP contribution >= 0.6 is 0 Å². The fraction of sp³-hybridized carbons (Fsp3) is 0.286. The molecule has 1 aromatic carbocycles. The summed E-state index contributed by atoms with van der Waals surface area (Å²) in [5, 5.41) is 3.36. The zero-order chi connectivity index (χ0) is 11.4. The van der Waals surface area contributed by atoms with Crippen LogP contribution in [0.1, 0.15) is 11.1 Å². The molecule has 1 N–H and O–H groups in total. The SMILES string of the molecule is C=Cc1cccc(N2CCNCC2)c1C=C. The molecule has 1 fully saturated rings. The van der Waals surface area contributed by atoms with E-state index in [-0.39, 0.29) is 0 Å². The summed E-state index contributed by atoms with van der Waals surface area (Å²) in [5.41, 5.74) is 3.62. The molecule has 16 heavy (non-hydrogen) atoms. The van der Waals surface area contributed by atoms with Gasteiger partial charge in [-0.1, -0.05) is 37.4 Å². The van der Waals surface area contributed by atoms with E-state index in [2.05, 4.69) is 41.6 Å². The minimum absolute atomic E-state index is 1.05. The highest BCUT2D eigenvalue weighted by Gasteiger charge is 2.13. The minimum Gasteiger partial charge on any atom is -0.368 e. The first kappa shape index (κ1) is 11.0. The van der Waals surface area contributed by atoms with Crippen LogP contribution in [0.15, 0.2) is 31.4 Å². The fourth-order valence-corrected chi connectivity index (χ4v) is 2.15. The van der Waals surface area contributed by atoms with Crippen LogP contribution in [-0.2, 0) is 0 Å². The van der Waals surface area contributed by atoms with Crippen LogP contribution in [0.4, 0.5) is 5.69 Å². The van der Waals surface area contributed by atoms with Gasteiger partial charge in [-0.25, -0.2) is 0 Å². The van der Waals surface area contributed by atoms with E-state index in [1.807, 2.05) is 12.2 Å². The summed E-state index contributed by atoms with van der Waals surface area (Å²) in [6.45, 7) is 12.0. The second-order valence-electron chi connectivity index (χ2n) is 3.93. The van der Waals surface area contributed by atoms with E-state index in [1.165, 1.54) is 11.3 Å². The number of nitrogens with one attached hydrogen (secondary N) is 1. The Hall–Kier alpha value is -1.54. The smallest absolute Gasteiger partial charge is 0.0446 e. The molecule has 84 valence electrons. The molecule has 2 rings (SSSR count). The number of nitrogens with zero attached hydrogens (tertiary/aromatic N) is 1. The van der Waals surface area contributed by atoms with Gasteiger partial charge in [0.15, 0.2) is 0 Å². The summed E-state index contributed by atoms with van der Waals surface area (Å²) >= 11 is 0. The molecule has 0 unspecified atom stereocenters. The van der Waals surface area contributed by atoms with E-state index in [1.54, 1.807) is 0 Å². The van der Waals surface area contributed by atoms with Crippen molar-refractivity contribution in [1.82, 2.24) is 5.32 Å². The van der Waals surface area contributed by atoms with Gasteiger partial charge >= 0.3 is 0 Å². The topological polar surface area (TPSA) is 15.3 Å². The zero-order valence-electron chi connectivity index (χ0n) is 9.58. The summed E-state index contributed by atoms with van der Waals surface area (Å²) < 4.78 is 0. The number of piperazine rings is 1. The molecule has 0 spiro atoms. The standard InChI is InChI=1S/C14H18N2/c1-3-12-6-5-7-14(13(12)4-2)16-10-8-15-9-11-16/h3-7,15H,1-2,8-11H2. The van der Waals surface area contributed by atoms with Crippen LogP contribution in [0.25, 0.3) is 12.2 Å². The van der Waals surface area contributed by atoms with Crippen LogP contribution in [0.5, 0.6) is 0 Å². The van der Waals surface area contributed by atoms with E-state index in [4.69, 9.17) is 0 Å². The van der Waals surface area contributed by atoms with Crippen molar-refractivity contribution in [2.75, 3.05) is 31.1 Å². The predicted octanol–water partition coefficient (Wildman–Crippen LogP) is 2.38. The Kier molecular flexibility index (Phi) is 3.42. The molecule has 0 aromatic heterocycles. The Bertz CT molecular complexity index is 390. The number of hydrogen-bond donors (Lipinski definition) is 1. The molecular formula is C14H18N2. The van der Waals surface area contributed by atoms with Gasteiger partial charge in [-0.3, -0.25) is 0 Å². The van der Waals surface area contributed by atoms with Gasteiger partial charge in [0.2, 0.25) is 0 Å². The summed E-state index contributed by atoms with van der Waals surface area (Å²) in [4.78, 5) is 2.40. The van der Waals surface area contributed by atoms with E-state index >= 15 is 0 Å². The molecule has 1 heterocycles. The first-order valence-electron chi connectivity index (χ1n) is 5.70.